The maximum Gasteiger partial charge on any atom is 0.227 e. The smallest absolute Gasteiger partial charge is 0.227 e. The van der Waals surface area contributed by atoms with E-state index >= 15 is 0 Å². The van der Waals surface area contributed by atoms with Gasteiger partial charge in [-0.25, -0.2) is 0 Å². The van der Waals surface area contributed by atoms with Crippen molar-refractivity contribution >= 4 is 5.91 Å². The number of carbonyl (C=O) groups excluding carboxylic acids is 1. The summed E-state index contributed by atoms with van der Waals surface area (Å²) in [5.74, 6) is 0.306. The lowest BCUT2D eigenvalue weighted by atomic mass is 9.75. The highest BCUT2D eigenvalue weighted by Crippen LogP contribution is 2.35. The first-order valence-electron chi connectivity index (χ1n) is 8.73. The molecule has 2 fully saturated rings. The number of nitrogens with zero attached hydrogens (tertiary/aromatic N) is 1. The number of rotatable bonds is 2. The number of hydrogen-bond acceptors (Lipinski definition) is 2. The third kappa shape index (κ3) is 4.70. The van der Waals surface area contributed by atoms with Crippen molar-refractivity contribution in [3.63, 3.8) is 0 Å². The van der Waals surface area contributed by atoms with E-state index in [1.807, 2.05) is 20.8 Å². The molecule has 3 nitrogen and oxygen atoms in total. The Morgan fingerprint density at radius 2 is 1.48 bits per heavy atom. The van der Waals surface area contributed by atoms with Crippen molar-refractivity contribution in [1.82, 2.24) is 10.2 Å². The lowest BCUT2D eigenvalue weighted by Gasteiger charge is -2.40. The number of amides is 1. The van der Waals surface area contributed by atoms with Crippen molar-refractivity contribution < 1.29 is 4.79 Å². The molecule has 0 aromatic heterocycles. The molecule has 0 spiro atoms. The second-order valence-corrected chi connectivity index (χ2v) is 8.92. The molecule has 122 valence electrons. The van der Waals surface area contributed by atoms with Crippen molar-refractivity contribution in [3.05, 3.63) is 0 Å². The van der Waals surface area contributed by atoms with Crippen molar-refractivity contribution in [1.29, 1.82) is 0 Å². The highest BCUT2D eigenvalue weighted by molar-refractivity contribution is 5.81. The molecule has 0 atom stereocenters. The van der Waals surface area contributed by atoms with Gasteiger partial charge in [0.1, 0.15) is 0 Å². The van der Waals surface area contributed by atoms with Crippen molar-refractivity contribution in [2.75, 3.05) is 13.1 Å². The van der Waals surface area contributed by atoms with Crippen LogP contribution in [0.1, 0.15) is 73.1 Å². The summed E-state index contributed by atoms with van der Waals surface area (Å²) in [6.07, 6.45) is 7.53. The zero-order chi connectivity index (χ0) is 15.7. The van der Waals surface area contributed by atoms with Gasteiger partial charge in [0.2, 0.25) is 5.91 Å². The van der Waals surface area contributed by atoms with Crippen LogP contribution in [0.25, 0.3) is 0 Å². The zero-order valence-electron chi connectivity index (χ0n) is 14.7. The van der Waals surface area contributed by atoms with Crippen LogP contribution in [-0.4, -0.2) is 36.0 Å². The van der Waals surface area contributed by atoms with Gasteiger partial charge in [0.05, 0.1) is 0 Å². The first-order valence-corrected chi connectivity index (χ1v) is 8.73. The Bertz CT molecular complexity index is 352. The highest BCUT2D eigenvalue weighted by Gasteiger charge is 2.32. The summed E-state index contributed by atoms with van der Waals surface area (Å²) < 4.78 is 0. The molecule has 0 unspecified atom stereocenters. The molecule has 0 aromatic rings. The third-order valence-corrected chi connectivity index (χ3v) is 5.23. The molecule has 1 aliphatic carbocycles. The average Bonchev–Trinajstić information content (AvgIpc) is 2.40. The fraction of sp³-hybridized carbons (Fsp3) is 0.944. The van der Waals surface area contributed by atoms with Crippen LogP contribution in [0.4, 0.5) is 0 Å². The van der Waals surface area contributed by atoms with Crippen LogP contribution in [-0.2, 0) is 4.79 Å². The van der Waals surface area contributed by atoms with Gasteiger partial charge >= 0.3 is 0 Å². The Hall–Kier alpha value is -0.570. The Labute approximate surface area is 130 Å². The van der Waals surface area contributed by atoms with Gasteiger partial charge in [0.25, 0.3) is 0 Å². The lowest BCUT2D eigenvalue weighted by molar-refractivity contribution is -0.140. The summed E-state index contributed by atoms with van der Waals surface area (Å²) >= 11 is 0. The minimum absolute atomic E-state index is 0.241. The van der Waals surface area contributed by atoms with Crippen LogP contribution in [0.15, 0.2) is 0 Å². The SMILES string of the molecule is CC1(C)CCC(NC2CCN(C(=O)C(C)(C)C)CC2)CC1. The Morgan fingerprint density at radius 3 is 1.95 bits per heavy atom. The summed E-state index contributed by atoms with van der Waals surface area (Å²) in [4.78, 5) is 14.4. The minimum Gasteiger partial charge on any atom is -0.342 e. The van der Waals surface area contributed by atoms with E-state index in [1.165, 1.54) is 25.7 Å². The summed E-state index contributed by atoms with van der Waals surface area (Å²) in [7, 11) is 0. The van der Waals surface area contributed by atoms with E-state index in [2.05, 4.69) is 24.1 Å². The molecule has 1 saturated heterocycles. The molecule has 1 saturated carbocycles. The van der Waals surface area contributed by atoms with Crippen molar-refractivity contribution in [2.24, 2.45) is 10.8 Å². The van der Waals surface area contributed by atoms with Crippen LogP contribution in [0.3, 0.4) is 0 Å². The number of carbonyl (C=O) groups is 1. The lowest BCUT2D eigenvalue weighted by Crippen LogP contribution is -2.50. The summed E-state index contributed by atoms with van der Waals surface area (Å²) in [5.41, 5.74) is 0.301. The van der Waals surface area contributed by atoms with Gasteiger partial charge in [-0.15, -0.1) is 0 Å². The Kier molecular flexibility index (Phi) is 5.02. The van der Waals surface area contributed by atoms with Crippen molar-refractivity contribution in [2.45, 2.75) is 85.2 Å². The van der Waals surface area contributed by atoms with E-state index in [9.17, 15) is 4.79 Å². The van der Waals surface area contributed by atoms with E-state index in [4.69, 9.17) is 0 Å². The van der Waals surface area contributed by atoms with Gasteiger partial charge < -0.3 is 10.2 Å². The highest BCUT2D eigenvalue weighted by atomic mass is 16.2. The quantitative estimate of drug-likeness (QED) is 0.844. The monoisotopic (exact) mass is 294 g/mol. The molecule has 0 radical (unpaired) electrons. The topological polar surface area (TPSA) is 32.3 Å². The Balaban J connectivity index is 1.74. The van der Waals surface area contributed by atoms with Crippen LogP contribution in [0, 0.1) is 10.8 Å². The molecule has 0 bridgehead atoms. The molecule has 21 heavy (non-hydrogen) atoms. The van der Waals surface area contributed by atoms with Crippen LogP contribution < -0.4 is 5.32 Å². The average molecular weight is 294 g/mol. The molecular weight excluding hydrogens is 260 g/mol. The minimum atomic E-state index is -0.241. The molecule has 0 aromatic carbocycles. The normalized spacial score (nSPS) is 25.1. The fourth-order valence-corrected chi connectivity index (χ4v) is 3.62. The maximum absolute atomic E-state index is 12.3. The molecule has 1 heterocycles. The van der Waals surface area contributed by atoms with E-state index in [-0.39, 0.29) is 5.41 Å². The Morgan fingerprint density at radius 1 is 1.00 bits per heavy atom. The third-order valence-electron chi connectivity index (χ3n) is 5.23. The van der Waals surface area contributed by atoms with Crippen LogP contribution in [0.5, 0.6) is 0 Å². The van der Waals surface area contributed by atoms with Gasteiger partial charge in [-0.1, -0.05) is 34.6 Å². The zero-order valence-corrected chi connectivity index (χ0v) is 14.7. The largest absolute Gasteiger partial charge is 0.342 e. The summed E-state index contributed by atoms with van der Waals surface area (Å²) in [6, 6.07) is 1.31. The maximum atomic E-state index is 12.3. The van der Waals surface area contributed by atoms with Crippen molar-refractivity contribution in [3.8, 4) is 0 Å². The predicted octanol–water partition coefficient (Wildman–Crippen LogP) is 3.58. The second kappa shape index (κ2) is 6.28. The second-order valence-electron chi connectivity index (χ2n) is 8.92. The van der Waals surface area contributed by atoms with Gasteiger partial charge in [-0.05, 0) is 43.9 Å². The number of likely N-dealkylation sites (tertiary alicyclic amines) is 1. The van der Waals surface area contributed by atoms with E-state index in [0.717, 1.165) is 25.9 Å². The van der Waals surface area contributed by atoms with Gasteiger partial charge in [-0.3, -0.25) is 4.79 Å². The predicted molar refractivity (Wildman–Crippen MR) is 88.2 cm³/mol. The molecule has 3 heteroatoms. The van der Waals surface area contributed by atoms with Gasteiger partial charge in [-0.2, -0.15) is 0 Å². The first kappa shape index (κ1) is 16.8. The van der Waals surface area contributed by atoms with E-state index < -0.39 is 0 Å². The van der Waals surface area contributed by atoms with E-state index in [0.29, 0.717) is 23.4 Å². The molecular formula is C18H34N2O. The number of hydrogen-bond donors (Lipinski definition) is 1. The van der Waals surface area contributed by atoms with E-state index in [1.54, 1.807) is 0 Å². The molecule has 2 rings (SSSR count). The number of nitrogens with one attached hydrogen (secondary N) is 1. The van der Waals surface area contributed by atoms with Crippen LogP contribution in [0.2, 0.25) is 0 Å². The van der Waals surface area contributed by atoms with Crippen LogP contribution >= 0.6 is 0 Å². The molecule has 1 N–H and O–H groups in total. The summed E-state index contributed by atoms with van der Waals surface area (Å²) in [6.45, 7) is 12.7. The molecule has 1 aliphatic heterocycles. The molecule has 1 amide bonds. The summed E-state index contributed by atoms with van der Waals surface area (Å²) in [5, 5.41) is 3.86. The van der Waals surface area contributed by atoms with Gasteiger partial charge in [0, 0.05) is 30.6 Å². The number of piperidine rings is 1. The standard InChI is InChI=1S/C18H34N2O/c1-17(2,3)16(21)20-12-8-15(9-13-20)19-14-6-10-18(4,5)11-7-14/h14-15,19H,6-13H2,1-5H3. The molecule has 2 aliphatic rings. The first-order chi connectivity index (χ1) is 9.67. The van der Waals surface area contributed by atoms with Gasteiger partial charge in [0.15, 0.2) is 0 Å². The fourth-order valence-electron chi connectivity index (χ4n) is 3.62.